The van der Waals surface area contributed by atoms with Crippen LogP contribution in [0.5, 0.6) is 0 Å². The summed E-state index contributed by atoms with van der Waals surface area (Å²) < 4.78 is 0. The summed E-state index contributed by atoms with van der Waals surface area (Å²) in [5, 5.41) is 48.1. The second-order valence-corrected chi connectivity index (χ2v) is 3.22. The molecule has 1 aliphatic rings. The third kappa shape index (κ3) is 1.98. The number of nitrogens with one attached hydrogen (secondary N) is 1. The van der Waals surface area contributed by atoms with Gasteiger partial charge in [-0.1, -0.05) is 0 Å². The largest absolute Gasteiger partial charge is 0.395 e. The zero-order chi connectivity index (χ0) is 10.0. The quantitative estimate of drug-likeness (QED) is 0.270. The molecule has 1 saturated heterocycles. The molecule has 1 heterocycles. The van der Waals surface area contributed by atoms with Crippen LogP contribution in [0.4, 0.5) is 0 Å². The van der Waals surface area contributed by atoms with Gasteiger partial charge in [-0.25, -0.2) is 0 Å². The van der Waals surface area contributed by atoms with E-state index >= 15 is 0 Å². The van der Waals surface area contributed by atoms with Crippen LogP contribution in [0, 0.1) is 0 Å². The highest BCUT2D eigenvalue weighted by molar-refractivity contribution is 4.97. The van der Waals surface area contributed by atoms with Crippen molar-refractivity contribution in [3.63, 3.8) is 0 Å². The summed E-state index contributed by atoms with van der Waals surface area (Å²) in [5.74, 6) is 0. The maximum Gasteiger partial charge on any atom is 0.109 e. The van der Waals surface area contributed by atoms with E-state index in [4.69, 9.17) is 10.2 Å². The van der Waals surface area contributed by atoms with E-state index in [1.807, 2.05) is 0 Å². The first-order valence-corrected chi connectivity index (χ1v) is 4.13. The first-order chi connectivity index (χ1) is 6.11. The Hall–Kier alpha value is -0.240. The molecule has 0 spiro atoms. The van der Waals surface area contributed by atoms with E-state index in [1.165, 1.54) is 0 Å². The smallest absolute Gasteiger partial charge is 0.109 e. The summed E-state index contributed by atoms with van der Waals surface area (Å²) >= 11 is 0. The van der Waals surface area contributed by atoms with Gasteiger partial charge in [0.05, 0.1) is 37.5 Å². The Morgan fingerprint density at radius 2 is 1.15 bits per heavy atom. The van der Waals surface area contributed by atoms with Crippen molar-refractivity contribution in [2.24, 2.45) is 0 Å². The summed E-state index contributed by atoms with van der Waals surface area (Å²) in [7, 11) is 0. The Balaban J connectivity index is 2.66. The average Bonchev–Trinajstić information content (AvgIpc) is 2.15. The Bertz CT molecular complexity index is 147. The number of hydrogen-bond donors (Lipinski definition) is 6. The summed E-state index contributed by atoms with van der Waals surface area (Å²) in [4.78, 5) is 0. The molecular weight excluding hydrogens is 178 g/mol. The summed E-state index contributed by atoms with van der Waals surface area (Å²) in [6, 6.07) is -1.42. The van der Waals surface area contributed by atoms with Crippen molar-refractivity contribution >= 4 is 0 Å². The lowest BCUT2D eigenvalue weighted by molar-refractivity contribution is -0.125. The maximum atomic E-state index is 9.31. The minimum absolute atomic E-state index is 0.360. The Kier molecular flexibility index (Phi) is 3.60. The average molecular weight is 193 g/mol. The number of aliphatic hydroxyl groups excluding tert-OH is 5. The van der Waals surface area contributed by atoms with Gasteiger partial charge in [-0.2, -0.15) is 0 Å². The van der Waals surface area contributed by atoms with E-state index in [1.54, 1.807) is 0 Å². The Labute approximate surface area is 75.4 Å². The van der Waals surface area contributed by atoms with Crippen LogP contribution >= 0.6 is 0 Å². The third-order valence-corrected chi connectivity index (χ3v) is 2.35. The fourth-order valence-corrected chi connectivity index (χ4v) is 1.47. The molecule has 0 bridgehead atoms. The number of piperidine rings is 1. The molecule has 0 aromatic heterocycles. The van der Waals surface area contributed by atoms with E-state index in [-0.39, 0.29) is 13.2 Å². The van der Waals surface area contributed by atoms with Crippen LogP contribution in [0.1, 0.15) is 0 Å². The highest BCUT2D eigenvalue weighted by Crippen LogP contribution is 2.14. The fraction of sp³-hybridized carbons (Fsp3) is 1.00. The fourth-order valence-electron chi connectivity index (χ4n) is 1.47. The number of hydrogen-bond acceptors (Lipinski definition) is 6. The molecule has 6 heteroatoms. The van der Waals surface area contributed by atoms with Gasteiger partial charge in [-0.15, -0.1) is 0 Å². The predicted molar refractivity (Wildman–Crippen MR) is 42.9 cm³/mol. The highest BCUT2D eigenvalue weighted by atomic mass is 16.4. The predicted octanol–water partition coefficient (Wildman–Crippen LogP) is -3.61. The van der Waals surface area contributed by atoms with Crippen LogP contribution in [0.25, 0.3) is 0 Å². The van der Waals surface area contributed by atoms with Gasteiger partial charge in [0.1, 0.15) is 6.10 Å². The van der Waals surface area contributed by atoms with E-state index in [2.05, 4.69) is 5.32 Å². The van der Waals surface area contributed by atoms with Crippen molar-refractivity contribution in [3.8, 4) is 0 Å². The molecule has 5 atom stereocenters. The van der Waals surface area contributed by atoms with Crippen molar-refractivity contribution in [3.05, 3.63) is 0 Å². The van der Waals surface area contributed by atoms with E-state index in [9.17, 15) is 15.3 Å². The van der Waals surface area contributed by atoms with Gasteiger partial charge in [0.25, 0.3) is 0 Å². The van der Waals surface area contributed by atoms with E-state index in [0.717, 1.165) is 0 Å². The standard InChI is InChI=1S/C7H15NO5/c9-1-3-5(11)7(13)6(12)4(2-10)8-3/h3-13H,1-2H2/t3-,4?,5?,6-,7?/m0/s1. The van der Waals surface area contributed by atoms with Crippen LogP contribution in [0.3, 0.4) is 0 Å². The minimum atomic E-state index is -1.34. The monoisotopic (exact) mass is 193 g/mol. The summed E-state index contributed by atoms with van der Waals surface area (Å²) in [5.41, 5.74) is 0. The van der Waals surface area contributed by atoms with Crippen LogP contribution in [-0.2, 0) is 0 Å². The molecule has 6 N–H and O–H groups in total. The zero-order valence-corrected chi connectivity index (χ0v) is 7.04. The summed E-state index contributed by atoms with van der Waals surface area (Å²) in [6.45, 7) is -0.719. The Morgan fingerprint density at radius 3 is 1.46 bits per heavy atom. The molecule has 78 valence electrons. The lowest BCUT2D eigenvalue weighted by Crippen LogP contribution is -2.66. The molecule has 0 radical (unpaired) electrons. The van der Waals surface area contributed by atoms with Crippen molar-refractivity contribution < 1.29 is 25.5 Å². The lowest BCUT2D eigenvalue weighted by atomic mass is 9.91. The van der Waals surface area contributed by atoms with Crippen molar-refractivity contribution in [1.29, 1.82) is 0 Å². The minimum Gasteiger partial charge on any atom is -0.395 e. The van der Waals surface area contributed by atoms with Crippen molar-refractivity contribution in [2.75, 3.05) is 13.2 Å². The van der Waals surface area contributed by atoms with Crippen molar-refractivity contribution in [2.45, 2.75) is 30.4 Å². The summed E-state index contributed by atoms with van der Waals surface area (Å²) in [6.07, 6.45) is -3.78. The first-order valence-electron chi connectivity index (χ1n) is 4.13. The molecule has 0 aromatic carbocycles. The third-order valence-electron chi connectivity index (χ3n) is 2.35. The lowest BCUT2D eigenvalue weighted by Gasteiger charge is -2.40. The molecule has 1 aliphatic heterocycles. The van der Waals surface area contributed by atoms with Crippen LogP contribution in [0.2, 0.25) is 0 Å². The highest BCUT2D eigenvalue weighted by Gasteiger charge is 2.41. The molecule has 0 aromatic rings. The number of rotatable bonds is 2. The molecule has 6 nitrogen and oxygen atoms in total. The van der Waals surface area contributed by atoms with E-state index in [0.29, 0.717) is 0 Å². The Morgan fingerprint density at radius 1 is 0.769 bits per heavy atom. The van der Waals surface area contributed by atoms with E-state index < -0.39 is 30.4 Å². The normalized spacial score (nSPS) is 46.4. The van der Waals surface area contributed by atoms with Gasteiger partial charge in [-0.05, 0) is 0 Å². The van der Waals surface area contributed by atoms with Gasteiger partial charge < -0.3 is 30.8 Å². The van der Waals surface area contributed by atoms with Gasteiger partial charge in [0, 0.05) is 0 Å². The van der Waals surface area contributed by atoms with Gasteiger partial charge in [-0.3, -0.25) is 0 Å². The van der Waals surface area contributed by atoms with Crippen molar-refractivity contribution in [1.82, 2.24) is 5.32 Å². The van der Waals surface area contributed by atoms with Gasteiger partial charge in [0.15, 0.2) is 0 Å². The SMILES string of the molecule is OCC1N[C@@H](CO)C(O)C(O)[C@H]1O. The molecule has 0 saturated carbocycles. The zero-order valence-electron chi connectivity index (χ0n) is 7.04. The van der Waals surface area contributed by atoms with Crippen LogP contribution in [-0.4, -0.2) is 69.1 Å². The van der Waals surface area contributed by atoms with Crippen LogP contribution < -0.4 is 5.32 Å². The molecule has 1 rings (SSSR count). The molecule has 3 unspecified atom stereocenters. The second kappa shape index (κ2) is 4.32. The molecule has 1 fully saturated rings. The van der Waals surface area contributed by atoms with Crippen LogP contribution in [0.15, 0.2) is 0 Å². The first kappa shape index (κ1) is 10.8. The molecule has 0 aliphatic carbocycles. The topological polar surface area (TPSA) is 113 Å². The second-order valence-electron chi connectivity index (χ2n) is 3.22. The van der Waals surface area contributed by atoms with Gasteiger partial charge >= 0.3 is 0 Å². The molecular formula is C7H15NO5. The molecule has 13 heavy (non-hydrogen) atoms. The van der Waals surface area contributed by atoms with Gasteiger partial charge in [0.2, 0.25) is 0 Å². The maximum absolute atomic E-state index is 9.31. The molecule has 0 amide bonds. The number of aliphatic hydroxyl groups is 5.